The quantitative estimate of drug-likeness (QED) is 0.763. The van der Waals surface area contributed by atoms with Crippen LogP contribution in [0.3, 0.4) is 0 Å². The highest BCUT2D eigenvalue weighted by molar-refractivity contribution is 5.86. The van der Waals surface area contributed by atoms with E-state index in [0.717, 1.165) is 19.4 Å². The molecule has 116 valence electrons. The Bertz CT molecular complexity index is 346. The first-order valence-corrected chi connectivity index (χ1v) is 7.11. The summed E-state index contributed by atoms with van der Waals surface area (Å²) in [5, 5.41) is 5.54. The van der Waals surface area contributed by atoms with Gasteiger partial charge in [0.05, 0.1) is 0 Å². The number of hydrogen-bond donors (Lipinski definition) is 2. The van der Waals surface area contributed by atoms with Gasteiger partial charge < -0.3 is 20.3 Å². The fraction of sp³-hybridized carbons (Fsp3) is 0.857. The monoisotopic (exact) mass is 285 g/mol. The molecule has 20 heavy (non-hydrogen) atoms. The molecule has 2 N–H and O–H groups in total. The topological polar surface area (TPSA) is 70.7 Å². The highest BCUT2D eigenvalue weighted by Gasteiger charge is 2.38. The van der Waals surface area contributed by atoms with Crippen molar-refractivity contribution in [1.29, 1.82) is 0 Å². The van der Waals surface area contributed by atoms with E-state index in [1.165, 1.54) is 0 Å². The first-order valence-electron chi connectivity index (χ1n) is 7.11. The average molecular weight is 285 g/mol. The molecule has 1 rings (SSSR count). The summed E-state index contributed by atoms with van der Waals surface area (Å²) in [5.74, 6) is 0.113. The van der Waals surface area contributed by atoms with E-state index in [1.54, 1.807) is 20.8 Å². The zero-order valence-electron chi connectivity index (χ0n) is 13.2. The summed E-state index contributed by atoms with van der Waals surface area (Å²) in [6.45, 7) is 6.75. The van der Waals surface area contributed by atoms with Crippen LogP contribution in [0, 0.1) is 5.92 Å². The van der Waals surface area contributed by atoms with E-state index < -0.39 is 17.7 Å². The van der Waals surface area contributed by atoms with E-state index in [4.69, 9.17) is 4.74 Å². The number of hydrogen-bond acceptors (Lipinski definition) is 4. The lowest BCUT2D eigenvalue weighted by Crippen LogP contribution is -2.50. The van der Waals surface area contributed by atoms with Crippen LogP contribution in [0.25, 0.3) is 0 Å². The van der Waals surface area contributed by atoms with Crippen LogP contribution in [0.5, 0.6) is 0 Å². The molecule has 0 unspecified atom stereocenters. The van der Waals surface area contributed by atoms with Crippen molar-refractivity contribution >= 4 is 12.0 Å². The second-order valence-corrected chi connectivity index (χ2v) is 6.56. The molecular formula is C14H27N3O3. The maximum absolute atomic E-state index is 12.1. The minimum Gasteiger partial charge on any atom is -0.444 e. The molecule has 1 atom stereocenters. The van der Waals surface area contributed by atoms with Crippen molar-refractivity contribution in [3.8, 4) is 0 Å². The largest absolute Gasteiger partial charge is 0.444 e. The van der Waals surface area contributed by atoms with Crippen LogP contribution in [-0.2, 0) is 9.53 Å². The SMILES string of the molecule is CN(C)CCNC(=O)[C@@H](NC(=O)OC(C)(C)C)C1CC1. The third kappa shape index (κ3) is 6.75. The molecule has 0 aromatic heterocycles. The van der Waals surface area contributed by atoms with Crippen LogP contribution in [-0.4, -0.2) is 55.7 Å². The van der Waals surface area contributed by atoms with Gasteiger partial charge in [0, 0.05) is 13.1 Å². The van der Waals surface area contributed by atoms with E-state index in [1.807, 2.05) is 19.0 Å². The number of nitrogens with zero attached hydrogens (tertiary/aromatic N) is 1. The summed E-state index contributed by atoms with van der Waals surface area (Å²) in [7, 11) is 3.90. The first kappa shape index (κ1) is 16.8. The highest BCUT2D eigenvalue weighted by Crippen LogP contribution is 2.32. The predicted octanol–water partition coefficient (Wildman–Crippen LogP) is 0.968. The second-order valence-electron chi connectivity index (χ2n) is 6.56. The summed E-state index contributed by atoms with van der Waals surface area (Å²) in [5.41, 5.74) is -0.556. The van der Waals surface area contributed by atoms with Crippen LogP contribution < -0.4 is 10.6 Å². The number of nitrogens with one attached hydrogen (secondary N) is 2. The Labute approximate surface area is 121 Å². The Morgan fingerprint density at radius 3 is 2.35 bits per heavy atom. The van der Waals surface area contributed by atoms with Gasteiger partial charge in [0.2, 0.25) is 5.91 Å². The van der Waals surface area contributed by atoms with Gasteiger partial charge in [-0.3, -0.25) is 4.79 Å². The molecule has 1 aliphatic carbocycles. The maximum atomic E-state index is 12.1. The molecule has 1 saturated carbocycles. The van der Waals surface area contributed by atoms with Gasteiger partial charge in [0.25, 0.3) is 0 Å². The molecular weight excluding hydrogens is 258 g/mol. The maximum Gasteiger partial charge on any atom is 0.408 e. The Hall–Kier alpha value is -1.30. The van der Waals surface area contributed by atoms with Crippen LogP contribution in [0.2, 0.25) is 0 Å². The molecule has 0 aliphatic heterocycles. The molecule has 0 bridgehead atoms. The summed E-state index contributed by atoms with van der Waals surface area (Å²) in [6.07, 6.45) is 1.42. The molecule has 2 amide bonds. The van der Waals surface area contributed by atoms with Gasteiger partial charge in [-0.15, -0.1) is 0 Å². The second kappa shape index (κ2) is 6.92. The standard InChI is InChI=1S/C14H27N3O3/c1-14(2,3)20-13(19)16-11(10-6-7-10)12(18)15-8-9-17(4)5/h10-11H,6-9H2,1-5H3,(H,15,18)(H,16,19)/t11-/m0/s1. The molecule has 1 fully saturated rings. The van der Waals surface area contributed by atoms with E-state index in [9.17, 15) is 9.59 Å². The van der Waals surface area contributed by atoms with E-state index in [-0.39, 0.29) is 11.8 Å². The van der Waals surface area contributed by atoms with Crippen LogP contribution in [0.15, 0.2) is 0 Å². The summed E-state index contributed by atoms with van der Waals surface area (Å²) < 4.78 is 5.20. The van der Waals surface area contributed by atoms with Crippen molar-refractivity contribution in [1.82, 2.24) is 15.5 Å². The smallest absolute Gasteiger partial charge is 0.408 e. The molecule has 0 aromatic rings. The minimum atomic E-state index is -0.556. The highest BCUT2D eigenvalue weighted by atomic mass is 16.6. The van der Waals surface area contributed by atoms with Gasteiger partial charge in [-0.05, 0) is 53.6 Å². The van der Waals surface area contributed by atoms with Crippen molar-refractivity contribution in [2.45, 2.75) is 45.3 Å². The Balaban J connectivity index is 2.44. The van der Waals surface area contributed by atoms with E-state index in [0.29, 0.717) is 6.54 Å². The number of carbonyl (C=O) groups excluding carboxylic acids is 2. The van der Waals surface area contributed by atoms with Gasteiger partial charge in [-0.1, -0.05) is 0 Å². The fourth-order valence-electron chi connectivity index (χ4n) is 1.77. The Kier molecular flexibility index (Phi) is 5.80. The Morgan fingerprint density at radius 1 is 1.30 bits per heavy atom. The lowest BCUT2D eigenvalue weighted by atomic mass is 10.1. The summed E-state index contributed by atoms with van der Waals surface area (Å²) >= 11 is 0. The number of amides is 2. The van der Waals surface area contributed by atoms with E-state index in [2.05, 4.69) is 10.6 Å². The van der Waals surface area contributed by atoms with Gasteiger partial charge in [-0.25, -0.2) is 4.79 Å². The number of rotatable bonds is 6. The Morgan fingerprint density at radius 2 is 1.90 bits per heavy atom. The third-order valence-electron chi connectivity index (χ3n) is 2.91. The molecule has 1 aliphatic rings. The lowest BCUT2D eigenvalue weighted by molar-refractivity contribution is -0.123. The summed E-state index contributed by atoms with van der Waals surface area (Å²) in [4.78, 5) is 25.9. The van der Waals surface area contributed by atoms with E-state index >= 15 is 0 Å². The zero-order valence-corrected chi connectivity index (χ0v) is 13.2. The van der Waals surface area contributed by atoms with Gasteiger partial charge in [-0.2, -0.15) is 0 Å². The van der Waals surface area contributed by atoms with Crippen molar-refractivity contribution in [2.24, 2.45) is 5.92 Å². The van der Waals surface area contributed by atoms with Crippen LogP contribution in [0.1, 0.15) is 33.6 Å². The molecule has 6 heteroatoms. The number of ether oxygens (including phenoxy) is 1. The minimum absolute atomic E-state index is 0.125. The molecule has 0 radical (unpaired) electrons. The normalized spacial score (nSPS) is 16.7. The number of alkyl carbamates (subject to hydrolysis) is 1. The predicted molar refractivity (Wildman–Crippen MR) is 77.4 cm³/mol. The number of carbonyl (C=O) groups is 2. The molecule has 0 heterocycles. The fourth-order valence-corrected chi connectivity index (χ4v) is 1.77. The van der Waals surface area contributed by atoms with Gasteiger partial charge in [0.1, 0.15) is 11.6 Å². The third-order valence-corrected chi connectivity index (χ3v) is 2.91. The summed E-state index contributed by atoms with van der Waals surface area (Å²) in [6, 6.07) is -0.480. The van der Waals surface area contributed by atoms with Crippen molar-refractivity contribution in [2.75, 3.05) is 27.2 Å². The van der Waals surface area contributed by atoms with Crippen molar-refractivity contribution in [3.05, 3.63) is 0 Å². The average Bonchev–Trinajstić information content (AvgIpc) is 3.06. The van der Waals surface area contributed by atoms with Crippen LogP contribution in [0.4, 0.5) is 4.79 Å². The zero-order chi connectivity index (χ0) is 15.3. The molecule has 0 saturated heterocycles. The van der Waals surface area contributed by atoms with Gasteiger partial charge >= 0.3 is 6.09 Å². The van der Waals surface area contributed by atoms with Crippen molar-refractivity contribution < 1.29 is 14.3 Å². The molecule has 0 aromatic carbocycles. The molecule has 0 spiro atoms. The number of likely N-dealkylation sites (N-methyl/N-ethyl adjacent to an activating group) is 1. The first-order chi connectivity index (χ1) is 9.19. The van der Waals surface area contributed by atoms with Crippen molar-refractivity contribution in [3.63, 3.8) is 0 Å². The van der Waals surface area contributed by atoms with Crippen LogP contribution >= 0.6 is 0 Å². The van der Waals surface area contributed by atoms with Gasteiger partial charge in [0.15, 0.2) is 0 Å². The molecule has 6 nitrogen and oxygen atoms in total. The lowest BCUT2D eigenvalue weighted by Gasteiger charge is -2.23.